The van der Waals surface area contributed by atoms with Gasteiger partial charge in [0, 0.05) is 24.0 Å². The Morgan fingerprint density at radius 3 is 3.10 bits per heavy atom. The number of thiazole rings is 1. The molecule has 4 nitrogen and oxygen atoms in total. The summed E-state index contributed by atoms with van der Waals surface area (Å²) in [5.41, 5.74) is 5.80. The Bertz CT molecular complexity index is 722. The molecule has 5 heteroatoms. The lowest BCUT2D eigenvalue weighted by atomic mass is 9.96. The van der Waals surface area contributed by atoms with Crippen LogP contribution >= 0.6 is 11.3 Å². The van der Waals surface area contributed by atoms with E-state index in [2.05, 4.69) is 34.7 Å². The summed E-state index contributed by atoms with van der Waals surface area (Å²) in [5, 5.41) is 6.29. The molecule has 4 rings (SSSR count). The summed E-state index contributed by atoms with van der Waals surface area (Å²) in [6.45, 7) is 3.83. The molecule has 0 saturated carbocycles. The molecule has 3 heterocycles. The van der Waals surface area contributed by atoms with Crippen LogP contribution in [0.1, 0.15) is 24.5 Å². The van der Waals surface area contributed by atoms with E-state index in [1.54, 1.807) is 11.3 Å². The Morgan fingerprint density at radius 2 is 2.24 bits per heavy atom. The van der Waals surface area contributed by atoms with Gasteiger partial charge in [-0.15, -0.1) is 11.3 Å². The van der Waals surface area contributed by atoms with Crippen molar-refractivity contribution in [2.75, 3.05) is 23.3 Å². The smallest absolute Gasteiger partial charge is 0.231 e. The van der Waals surface area contributed by atoms with Gasteiger partial charge in [0.2, 0.25) is 5.91 Å². The summed E-state index contributed by atoms with van der Waals surface area (Å²) >= 11 is 1.63. The minimum atomic E-state index is 0.245. The Kier molecular flexibility index (Phi) is 2.96. The zero-order valence-electron chi connectivity index (χ0n) is 12.0. The highest BCUT2D eigenvalue weighted by Crippen LogP contribution is 2.40. The van der Waals surface area contributed by atoms with E-state index in [-0.39, 0.29) is 5.91 Å². The molecular weight excluding hydrogens is 282 g/mol. The molecule has 0 radical (unpaired) electrons. The van der Waals surface area contributed by atoms with Crippen LogP contribution in [-0.4, -0.2) is 24.0 Å². The SMILES string of the molecule is CCNc1nc(-c2cc3c4c(c2)CC(=O)N4CCC3)cs1. The number of amides is 1. The van der Waals surface area contributed by atoms with Crippen LogP contribution in [0.4, 0.5) is 10.8 Å². The van der Waals surface area contributed by atoms with Crippen molar-refractivity contribution in [2.24, 2.45) is 0 Å². The molecule has 0 saturated heterocycles. The number of aromatic nitrogens is 1. The number of anilines is 2. The van der Waals surface area contributed by atoms with Gasteiger partial charge in [-0.05, 0) is 43.0 Å². The van der Waals surface area contributed by atoms with Crippen molar-refractivity contribution in [2.45, 2.75) is 26.2 Å². The van der Waals surface area contributed by atoms with Crippen LogP contribution in [0.5, 0.6) is 0 Å². The molecule has 0 fully saturated rings. The fourth-order valence-electron chi connectivity index (χ4n) is 3.27. The van der Waals surface area contributed by atoms with Crippen molar-refractivity contribution in [1.82, 2.24) is 4.98 Å². The van der Waals surface area contributed by atoms with Crippen molar-refractivity contribution in [3.8, 4) is 11.3 Å². The number of carbonyl (C=O) groups is 1. The highest BCUT2D eigenvalue weighted by atomic mass is 32.1. The summed E-state index contributed by atoms with van der Waals surface area (Å²) in [6.07, 6.45) is 2.66. The third-order valence-corrected chi connectivity index (χ3v) is 4.94. The van der Waals surface area contributed by atoms with Gasteiger partial charge in [0.1, 0.15) is 0 Å². The first-order valence-electron chi connectivity index (χ1n) is 7.42. The average molecular weight is 299 g/mol. The van der Waals surface area contributed by atoms with Gasteiger partial charge >= 0.3 is 0 Å². The lowest BCUT2D eigenvalue weighted by Crippen LogP contribution is -2.31. The average Bonchev–Trinajstić information content (AvgIpc) is 3.06. The molecule has 108 valence electrons. The number of nitrogens with one attached hydrogen (secondary N) is 1. The Balaban J connectivity index is 1.78. The van der Waals surface area contributed by atoms with Gasteiger partial charge in [-0.3, -0.25) is 4.79 Å². The first-order valence-corrected chi connectivity index (χ1v) is 8.30. The molecule has 1 amide bonds. The minimum Gasteiger partial charge on any atom is -0.362 e. The quantitative estimate of drug-likeness (QED) is 0.947. The van der Waals surface area contributed by atoms with Crippen molar-refractivity contribution < 1.29 is 4.79 Å². The number of benzene rings is 1. The van der Waals surface area contributed by atoms with Gasteiger partial charge in [-0.2, -0.15) is 0 Å². The number of aryl methyl sites for hydroxylation is 1. The van der Waals surface area contributed by atoms with Crippen LogP contribution in [0.3, 0.4) is 0 Å². The molecule has 1 aromatic heterocycles. The maximum absolute atomic E-state index is 12.1. The largest absolute Gasteiger partial charge is 0.362 e. The molecule has 0 aliphatic carbocycles. The number of hydrogen-bond acceptors (Lipinski definition) is 4. The predicted molar refractivity (Wildman–Crippen MR) is 86.1 cm³/mol. The minimum absolute atomic E-state index is 0.245. The van der Waals surface area contributed by atoms with Crippen LogP contribution in [0.25, 0.3) is 11.3 Å². The van der Waals surface area contributed by atoms with Crippen molar-refractivity contribution in [3.05, 3.63) is 28.6 Å². The van der Waals surface area contributed by atoms with E-state index in [4.69, 9.17) is 0 Å². The maximum Gasteiger partial charge on any atom is 0.231 e. The second kappa shape index (κ2) is 4.84. The highest BCUT2D eigenvalue weighted by Gasteiger charge is 2.32. The van der Waals surface area contributed by atoms with E-state index in [9.17, 15) is 4.79 Å². The molecule has 1 aromatic carbocycles. The van der Waals surface area contributed by atoms with E-state index in [0.717, 1.165) is 42.3 Å². The van der Waals surface area contributed by atoms with Gasteiger partial charge in [-0.1, -0.05) is 0 Å². The summed E-state index contributed by atoms with van der Waals surface area (Å²) in [6, 6.07) is 4.36. The van der Waals surface area contributed by atoms with Gasteiger partial charge < -0.3 is 10.2 Å². The predicted octanol–water partition coefficient (Wildman–Crippen LogP) is 3.08. The Morgan fingerprint density at radius 1 is 1.38 bits per heavy atom. The molecule has 1 N–H and O–H groups in total. The fourth-order valence-corrected chi connectivity index (χ4v) is 4.06. The zero-order chi connectivity index (χ0) is 14.4. The van der Waals surface area contributed by atoms with Gasteiger partial charge in [0.15, 0.2) is 5.13 Å². The van der Waals surface area contributed by atoms with Crippen molar-refractivity contribution in [3.63, 3.8) is 0 Å². The Labute approximate surface area is 127 Å². The van der Waals surface area contributed by atoms with Gasteiger partial charge in [-0.25, -0.2) is 4.98 Å². The fraction of sp³-hybridized carbons (Fsp3) is 0.375. The molecule has 0 unspecified atom stereocenters. The van der Waals surface area contributed by atoms with Crippen molar-refractivity contribution in [1.29, 1.82) is 0 Å². The number of carbonyl (C=O) groups excluding carboxylic acids is 1. The van der Waals surface area contributed by atoms with Crippen LogP contribution in [0.2, 0.25) is 0 Å². The monoisotopic (exact) mass is 299 g/mol. The van der Waals surface area contributed by atoms with Crippen LogP contribution in [0, 0.1) is 0 Å². The molecule has 2 aliphatic heterocycles. The normalized spacial score (nSPS) is 16.2. The second-order valence-corrected chi connectivity index (χ2v) is 6.40. The van der Waals surface area contributed by atoms with E-state index < -0.39 is 0 Å². The lowest BCUT2D eigenvalue weighted by Gasteiger charge is -2.25. The van der Waals surface area contributed by atoms with Crippen LogP contribution in [0.15, 0.2) is 17.5 Å². The number of nitrogens with zero attached hydrogens (tertiary/aromatic N) is 2. The van der Waals surface area contributed by atoms with Crippen LogP contribution in [-0.2, 0) is 17.6 Å². The summed E-state index contributed by atoms with van der Waals surface area (Å²) in [5.74, 6) is 0.245. The highest BCUT2D eigenvalue weighted by molar-refractivity contribution is 7.14. The first kappa shape index (κ1) is 12.8. The van der Waals surface area contributed by atoms with Gasteiger partial charge in [0.25, 0.3) is 0 Å². The van der Waals surface area contributed by atoms with E-state index in [0.29, 0.717) is 6.42 Å². The first-order chi connectivity index (χ1) is 10.3. The van der Waals surface area contributed by atoms with Crippen LogP contribution < -0.4 is 10.2 Å². The molecule has 0 bridgehead atoms. The molecular formula is C16H17N3OS. The summed E-state index contributed by atoms with van der Waals surface area (Å²) in [7, 11) is 0. The molecule has 21 heavy (non-hydrogen) atoms. The molecule has 2 aromatic rings. The van der Waals surface area contributed by atoms with Gasteiger partial charge in [0.05, 0.1) is 17.8 Å². The van der Waals surface area contributed by atoms with E-state index >= 15 is 0 Å². The standard InChI is InChI=1S/C16H17N3OS/c1-2-17-16-18-13(9-21-16)11-6-10-4-3-5-19-14(20)8-12(7-11)15(10)19/h6-7,9H,2-5,8H2,1H3,(H,17,18). The van der Waals surface area contributed by atoms with Crippen molar-refractivity contribution >= 4 is 28.1 Å². The molecule has 0 atom stereocenters. The number of rotatable bonds is 3. The number of hydrogen-bond donors (Lipinski definition) is 1. The summed E-state index contributed by atoms with van der Waals surface area (Å²) < 4.78 is 0. The zero-order valence-corrected chi connectivity index (χ0v) is 12.8. The maximum atomic E-state index is 12.1. The molecule has 0 spiro atoms. The Hall–Kier alpha value is -1.88. The van der Waals surface area contributed by atoms with E-state index in [1.165, 1.54) is 16.8 Å². The lowest BCUT2D eigenvalue weighted by molar-refractivity contribution is -0.117. The second-order valence-electron chi connectivity index (χ2n) is 5.54. The topological polar surface area (TPSA) is 45.2 Å². The third-order valence-electron chi connectivity index (χ3n) is 4.14. The molecule has 2 aliphatic rings. The third kappa shape index (κ3) is 2.03. The van der Waals surface area contributed by atoms with E-state index in [1.807, 2.05) is 4.90 Å². The summed E-state index contributed by atoms with van der Waals surface area (Å²) in [4.78, 5) is 18.7.